The Balaban J connectivity index is 1.23. The number of aliphatic imine (C=N–C) groups is 1. The van der Waals surface area contributed by atoms with Crippen molar-refractivity contribution in [2.45, 2.75) is 51.4 Å². The summed E-state index contributed by atoms with van der Waals surface area (Å²) in [5, 5.41) is 14.8. The second kappa shape index (κ2) is 6.94. The number of aromatic hydroxyl groups is 1. The molecule has 2 atom stereocenters. The van der Waals surface area contributed by atoms with Gasteiger partial charge >= 0.3 is 6.09 Å². The van der Waals surface area contributed by atoms with Gasteiger partial charge in [-0.05, 0) is 45.4 Å². The number of fused-ring (bicyclic) bond motifs is 5. The van der Waals surface area contributed by atoms with Crippen LogP contribution in [-0.2, 0) is 11.3 Å². The summed E-state index contributed by atoms with van der Waals surface area (Å²) >= 11 is 0. The average Bonchev–Trinajstić information content (AvgIpc) is 3.33. The van der Waals surface area contributed by atoms with Crippen LogP contribution in [0.5, 0.6) is 5.75 Å². The molecule has 0 aromatic carbocycles. The number of nitrogens with zero attached hydrogens (tertiary/aromatic N) is 6. The first-order valence-electron chi connectivity index (χ1n) is 11.2. The zero-order chi connectivity index (χ0) is 22.9. The van der Waals surface area contributed by atoms with Crippen molar-refractivity contribution in [2.24, 2.45) is 4.99 Å². The summed E-state index contributed by atoms with van der Waals surface area (Å²) < 4.78 is 7.29. The van der Waals surface area contributed by atoms with E-state index in [9.17, 15) is 9.90 Å². The van der Waals surface area contributed by atoms with Gasteiger partial charge in [0.1, 0.15) is 17.2 Å². The Morgan fingerprint density at radius 2 is 2.00 bits per heavy atom. The molecule has 3 aromatic heterocycles. The van der Waals surface area contributed by atoms with Crippen LogP contribution in [0, 0.1) is 0 Å². The Labute approximate surface area is 191 Å². The van der Waals surface area contributed by atoms with Gasteiger partial charge in [0.15, 0.2) is 0 Å². The van der Waals surface area contributed by atoms with Gasteiger partial charge in [-0.2, -0.15) is 5.10 Å². The van der Waals surface area contributed by atoms with Crippen molar-refractivity contribution in [2.75, 3.05) is 18.0 Å². The molecule has 170 valence electrons. The lowest BCUT2D eigenvalue weighted by atomic mass is 9.88. The number of rotatable bonds is 2. The molecule has 7 heterocycles. The first-order valence-corrected chi connectivity index (χ1v) is 11.2. The molecule has 33 heavy (non-hydrogen) atoms. The Kier molecular flexibility index (Phi) is 4.21. The molecule has 0 radical (unpaired) electrons. The van der Waals surface area contributed by atoms with E-state index in [0.717, 1.165) is 53.2 Å². The largest absolute Gasteiger partial charge is 0.506 e. The summed E-state index contributed by atoms with van der Waals surface area (Å²) in [6.45, 7) is 7.72. The third kappa shape index (κ3) is 3.30. The Morgan fingerprint density at radius 1 is 1.21 bits per heavy atom. The van der Waals surface area contributed by atoms with Gasteiger partial charge in [0.05, 0.1) is 36.0 Å². The van der Waals surface area contributed by atoms with Crippen LogP contribution in [0.15, 0.2) is 35.6 Å². The van der Waals surface area contributed by atoms with Crippen molar-refractivity contribution in [3.05, 3.63) is 41.9 Å². The van der Waals surface area contributed by atoms with Crippen LogP contribution in [0.4, 0.5) is 10.6 Å². The number of pyridine rings is 2. The zero-order valence-corrected chi connectivity index (χ0v) is 18.9. The third-order valence-electron chi connectivity index (χ3n) is 6.47. The lowest BCUT2D eigenvalue weighted by molar-refractivity contribution is -0.0380. The van der Waals surface area contributed by atoms with Crippen molar-refractivity contribution in [1.82, 2.24) is 19.5 Å². The van der Waals surface area contributed by atoms with Gasteiger partial charge < -0.3 is 14.7 Å². The molecule has 0 aliphatic carbocycles. The quantitative estimate of drug-likeness (QED) is 0.649. The molecular formula is C24H26N6O3. The summed E-state index contributed by atoms with van der Waals surface area (Å²) in [5.41, 5.74) is 4.11. The van der Waals surface area contributed by atoms with Crippen LogP contribution in [0.2, 0.25) is 0 Å². The number of piperazine rings is 1. The molecular weight excluding hydrogens is 420 g/mol. The predicted octanol–water partition coefficient (Wildman–Crippen LogP) is 3.23. The van der Waals surface area contributed by atoms with Gasteiger partial charge in [0, 0.05) is 42.2 Å². The van der Waals surface area contributed by atoms with Crippen LogP contribution >= 0.6 is 0 Å². The number of carbonyl (C=O) groups is 1. The summed E-state index contributed by atoms with van der Waals surface area (Å²) in [4.78, 5) is 25.7. The Morgan fingerprint density at radius 3 is 2.70 bits per heavy atom. The topological polar surface area (TPSA) is 95.6 Å². The smallest absolute Gasteiger partial charge is 0.410 e. The minimum absolute atomic E-state index is 0.151. The summed E-state index contributed by atoms with van der Waals surface area (Å²) in [6, 6.07) is 6.07. The number of hydrogen-bond acceptors (Lipinski definition) is 7. The molecule has 2 bridgehead atoms. The summed E-state index contributed by atoms with van der Waals surface area (Å²) in [6.07, 6.45) is 6.07. The van der Waals surface area contributed by atoms with E-state index in [1.54, 1.807) is 16.8 Å². The molecule has 9 nitrogen and oxygen atoms in total. The monoisotopic (exact) mass is 446 g/mol. The van der Waals surface area contributed by atoms with E-state index in [1.807, 2.05) is 50.2 Å². The van der Waals surface area contributed by atoms with Crippen molar-refractivity contribution in [3.8, 4) is 16.9 Å². The Bertz CT molecular complexity index is 1280. The predicted molar refractivity (Wildman–Crippen MR) is 124 cm³/mol. The van der Waals surface area contributed by atoms with Gasteiger partial charge in [-0.1, -0.05) is 0 Å². The molecule has 0 spiro atoms. The molecule has 1 amide bonds. The van der Waals surface area contributed by atoms with Crippen LogP contribution < -0.4 is 4.90 Å². The molecule has 4 aliphatic rings. The van der Waals surface area contributed by atoms with Gasteiger partial charge in [-0.3, -0.25) is 9.89 Å². The highest BCUT2D eigenvalue weighted by Gasteiger charge is 2.49. The van der Waals surface area contributed by atoms with Crippen molar-refractivity contribution in [3.63, 3.8) is 0 Å². The third-order valence-corrected chi connectivity index (χ3v) is 6.47. The molecule has 0 saturated carbocycles. The normalized spacial score (nSPS) is 21.3. The van der Waals surface area contributed by atoms with Crippen molar-refractivity contribution in [1.29, 1.82) is 0 Å². The van der Waals surface area contributed by atoms with Crippen LogP contribution in [0.3, 0.4) is 0 Å². The highest BCUT2D eigenvalue weighted by atomic mass is 16.6. The summed E-state index contributed by atoms with van der Waals surface area (Å²) in [5.74, 6) is 1.03. The van der Waals surface area contributed by atoms with Gasteiger partial charge in [0.2, 0.25) is 0 Å². The minimum Gasteiger partial charge on any atom is -0.506 e. The fraction of sp³-hybridized carbons (Fsp3) is 0.417. The maximum absolute atomic E-state index is 12.5. The lowest BCUT2D eigenvalue weighted by Gasteiger charge is -2.56. The van der Waals surface area contributed by atoms with Crippen LogP contribution in [0.25, 0.3) is 16.6 Å². The number of carbonyl (C=O) groups excluding carboxylic acids is 1. The van der Waals surface area contributed by atoms with Gasteiger partial charge in [-0.15, -0.1) is 0 Å². The number of aromatic nitrogens is 3. The SMILES string of the molecule is CC(C)(C)OC(=O)N1C2CC1CN(c1ccc(-c3cc(O)cn4nc5c(c34)C=NC5)cn1)C2. The fourth-order valence-corrected chi connectivity index (χ4v) is 5.07. The first kappa shape index (κ1) is 20.0. The number of piperidine rings is 1. The van der Waals surface area contributed by atoms with Crippen LogP contribution in [0.1, 0.15) is 38.4 Å². The molecule has 3 fully saturated rings. The van der Waals surface area contributed by atoms with E-state index >= 15 is 0 Å². The standard InChI is InChI=1S/C24H26N6O3/c1-24(2,3)33-23(32)30-15-6-16(30)12-28(11-15)21-5-4-14(8-26-21)18-7-17(31)13-29-22(18)19-9-25-10-20(19)27-29/h4-5,7-9,13,15-16,31H,6,10-12H2,1-3H3. The van der Waals surface area contributed by atoms with E-state index < -0.39 is 5.60 Å². The molecule has 7 rings (SSSR count). The molecule has 3 saturated heterocycles. The second-order valence-corrected chi connectivity index (χ2v) is 9.98. The summed E-state index contributed by atoms with van der Waals surface area (Å²) in [7, 11) is 0. The molecule has 4 aliphatic heterocycles. The maximum atomic E-state index is 12.5. The van der Waals surface area contributed by atoms with Gasteiger partial charge in [0.25, 0.3) is 0 Å². The van der Waals surface area contributed by atoms with Crippen molar-refractivity contribution >= 4 is 23.6 Å². The van der Waals surface area contributed by atoms with E-state index in [-0.39, 0.29) is 23.9 Å². The van der Waals surface area contributed by atoms with E-state index in [4.69, 9.17) is 9.72 Å². The van der Waals surface area contributed by atoms with E-state index in [0.29, 0.717) is 6.54 Å². The molecule has 1 N–H and O–H groups in total. The van der Waals surface area contributed by atoms with E-state index in [2.05, 4.69) is 15.0 Å². The van der Waals surface area contributed by atoms with Crippen molar-refractivity contribution < 1.29 is 14.6 Å². The molecule has 3 aromatic rings. The number of ether oxygens (including phenoxy) is 1. The zero-order valence-electron chi connectivity index (χ0n) is 18.9. The van der Waals surface area contributed by atoms with Gasteiger partial charge in [-0.25, -0.2) is 14.3 Å². The number of hydrogen-bond donors (Lipinski definition) is 1. The first-order chi connectivity index (χ1) is 15.8. The maximum Gasteiger partial charge on any atom is 0.410 e. The fourth-order valence-electron chi connectivity index (χ4n) is 5.07. The highest BCUT2D eigenvalue weighted by Crippen LogP contribution is 2.37. The number of amides is 1. The highest BCUT2D eigenvalue weighted by molar-refractivity contribution is 5.99. The molecule has 9 heteroatoms. The average molecular weight is 447 g/mol. The minimum atomic E-state index is -0.489. The van der Waals surface area contributed by atoms with Crippen LogP contribution in [-0.4, -0.2) is 67.7 Å². The van der Waals surface area contributed by atoms with E-state index in [1.165, 1.54) is 0 Å². The lowest BCUT2D eigenvalue weighted by Crippen LogP contribution is -2.70. The number of anilines is 1. The Hall–Kier alpha value is -3.62. The second-order valence-electron chi connectivity index (χ2n) is 9.98. The molecule has 2 unspecified atom stereocenters.